The summed E-state index contributed by atoms with van der Waals surface area (Å²) in [5.74, 6) is -0.416. The Labute approximate surface area is 98.8 Å². The summed E-state index contributed by atoms with van der Waals surface area (Å²) >= 11 is 0. The summed E-state index contributed by atoms with van der Waals surface area (Å²) in [6, 6.07) is 5.30. The molecule has 4 nitrogen and oxygen atoms in total. The molecule has 0 N–H and O–H groups in total. The number of hydrogen-bond donors (Lipinski definition) is 0. The van der Waals surface area contributed by atoms with E-state index < -0.39 is 5.97 Å². The van der Waals surface area contributed by atoms with Gasteiger partial charge in [-0.1, -0.05) is 6.07 Å². The highest BCUT2D eigenvalue weighted by Gasteiger charge is 2.16. The van der Waals surface area contributed by atoms with Gasteiger partial charge in [-0.3, -0.25) is 4.79 Å². The molecule has 2 aromatic rings. The van der Waals surface area contributed by atoms with Crippen LogP contribution in [0.15, 0.2) is 24.4 Å². The highest BCUT2D eigenvalue weighted by Crippen LogP contribution is 2.19. The zero-order chi connectivity index (χ0) is 12.4. The molecule has 0 unspecified atom stereocenters. The van der Waals surface area contributed by atoms with Gasteiger partial charge in [0.1, 0.15) is 5.69 Å². The lowest BCUT2D eigenvalue weighted by atomic mass is 10.2. The van der Waals surface area contributed by atoms with Crippen molar-refractivity contribution in [2.75, 3.05) is 6.61 Å². The lowest BCUT2D eigenvalue weighted by molar-refractivity contribution is 0.0518. The van der Waals surface area contributed by atoms with E-state index in [0.717, 1.165) is 17.4 Å². The average Bonchev–Trinajstić information content (AvgIpc) is 2.69. The molecule has 0 atom stereocenters. The zero-order valence-corrected chi connectivity index (χ0v) is 9.77. The number of aryl methyl sites for hydroxylation is 1. The smallest absolute Gasteiger partial charge is 0.355 e. The van der Waals surface area contributed by atoms with Crippen LogP contribution in [0.1, 0.15) is 33.3 Å². The number of nitrogens with zero attached hydrogens (tertiary/aromatic N) is 1. The summed E-state index contributed by atoms with van der Waals surface area (Å²) in [6.07, 6.45) is 2.51. The molecule has 2 aromatic heterocycles. The molecule has 4 heteroatoms. The number of ether oxygens (including phenoxy) is 1. The first-order chi connectivity index (χ1) is 8.19. The molecule has 0 saturated heterocycles. The van der Waals surface area contributed by atoms with E-state index in [1.165, 1.54) is 0 Å². The standard InChI is InChI=1S/C13H13NO3/c1-3-17-13(16)11-7-10(8-15)12-9(2)5-4-6-14(11)12/h4-8H,3H2,1-2H3. The first kappa shape index (κ1) is 11.4. The summed E-state index contributed by atoms with van der Waals surface area (Å²) < 4.78 is 6.65. The van der Waals surface area contributed by atoms with Crippen molar-refractivity contribution in [2.45, 2.75) is 13.8 Å². The summed E-state index contributed by atoms with van der Waals surface area (Å²) in [7, 11) is 0. The van der Waals surface area contributed by atoms with Crippen molar-refractivity contribution in [1.82, 2.24) is 4.40 Å². The van der Waals surface area contributed by atoms with Gasteiger partial charge in [-0.15, -0.1) is 0 Å². The van der Waals surface area contributed by atoms with Crippen molar-refractivity contribution in [1.29, 1.82) is 0 Å². The van der Waals surface area contributed by atoms with Crippen LogP contribution in [-0.4, -0.2) is 23.3 Å². The molecule has 0 fully saturated rings. The molecule has 0 spiro atoms. The van der Waals surface area contributed by atoms with E-state index >= 15 is 0 Å². The maximum absolute atomic E-state index is 11.7. The number of hydrogen-bond acceptors (Lipinski definition) is 3. The van der Waals surface area contributed by atoms with Crippen LogP contribution in [0, 0.1) is 6.92 Å². The van der Waals surface area contributed by atoms with Gasteiger partial charge in [-0.25, -0.2) is 4.79 Å². The normalized spacial score (nSPS) is 10.5. The minimum Gasteiger partial charge on any atom is -0.461 e. The van der Waals surface area contributed by atoms with Crippen molar-refractivity contribution in [3.8, 4) is 0 Å². The number of carbonyl (C=O) groups excluding carboxylic acids is 2. The zero-order valence-electron chi connectivity index (χ0n) is 9.77. The second kappa shape index (κ2) is 4.41. The molecule has 0 bridgehead atoms. The summed E-state index contributed by atoms with van der Waals surface area (Å²) in [4.78, 5) is 22.7. The van der Waals surface area contributed by atoms with Gasteiger partial charge < -0.3 is 9.14 Å². The molecule has 0 saturated carbocycles. The SMILES string of the molecule is CCOC(=O)c1cc(C=O)c2c(C)cccn12. The van der Waals surface area contributed by atoms with E-state index in [1.807, 2.05) is 19.1 Å². The van der Waals surface area contributed by atoms with Gasteiger partial charge in [-0.05, 0) is 31.5 Å². The number of rotatable bonds is 3. The van der Waals surface area contributed by atoms with E-state index in [4.69, 9.17) is 4.74 Å². The van der Waals surface area contributed by atoms with E-state index in [0.29, 0.717) is 17.9 Å². The van der Waals surface area contributed by atoms with E-state index in [-0.39, 0.29) is 0 Å². The van der Waals surface area contributed by atoms with Crippen LogP contribution in [-0.2, 0) is 4.74 Å². The van der Waals surface area contributed by atoms with Crippen LogP contribution in [0.4, 0.5) is 0 Å². The number of esters is 1. The summed E-state index contributed by atoms with van der Waals surface area (Å²) in [5.41, 5.74) is 2.59. The van der Waals surface area contributed by atoms with Gasteiger partial charge in [-0.2, -0.15) is 0 Å². The summed E-state index contributed by atoms with van der Waals surface area (Å²) in [6.45, 7) is 3.96. The molecule has 2 rings (SSSR count). The fraction of sp³-hybridized carbons (Fsp3) is 0.231. The molecule has 0 aliphatic carbocycles. The molecule has 0 aliphatic heterocycles. The first-order valence-corrected chi connectivity index (χ1v) is 5.42. The highest BCUT2D eigenvalue weighted by molar-refractivity contribution is 5.96. The van der Waals surface area contributed by atoms with Crippen LogP contribution in [0.5, 0.6) is 0 Å². The molecule has 2 heterocycles. The van der Waals surface area contributed by atoms with E-state index in [1.54, 1.807) is 23.6 Å². The van der Waals surface area contributed by atoms with Crippen molar-refractivity contribution in [3.63, 3.8) is 0 Å². The number of carbonyl (C=O) groups is 2. The van der Waals surface area contributed by atoms with Crippen LogP contribution in [0.3, 0.4) is 0 Å². The van der Waals surface area contributed by atoms with Gasteiger partial charge in [0.15, 0.2) is 6.29 Å². The van der Waals surface area contributed by atoms with Crippen LogP contribution < -0.4 is 0 Å². The molecule has 0 aromatic carbocycles. The van der Waals surface area contributed by atoms with E-state index in [9.17, 15) is 9.59 Å². The predicted molar refractivity (Wildman–Crippen MR) is 63.5 cm³/mol. The minimum atomic E-state index is -0.416. The third-order valence-electron chi connectivity index (χ3n) is 2.63. The number of fused-ring (bicyclic) bond motifs is 1. The van der Waals surface area contributed by atoms with Gasteiger partial charge in [0.25, 0.3) is 0 Å². The Morgan fingerprint density at radius 3 is 2.94 bits per heavy atom. The van der Waals surface area contributed by atoms with Gasteiger partial charge in [0.2, 0.25) is 0 Å². The Hall–Kier alpha value is -2.10. The quantitative estimate of drug-likeness (QED) is 0.601. The van der Waals surface area contributed by atoms with Crippen molar-refractivity contribution >= 4 is 17.8 Å². The Bertz CT molecular complexity index is 584. The van der Waals surface area contributed by atoms with Crippen molar-refractivity contribution in [3.05, 3.63) is 41.2 Å². The number of aldehydes is 1. The largest absolute Gasteiger partial charge is 0.461 e. The van der Waals surface area contributed by atoms with Crippen LogP contribution in [0.25, 0.3) is 5.52 Å². The number of aromatic nitrogens is 1. The molecular weight excluding hydrogens is 218 g/mol. The summed E-state index contributed by atoms with van der Waals surface area (Å²) in [5, 5.41) is 0. The van der Waals surface area contributed by atoms with Crippen molar-refractivity contribution in [2.24, 2.45) is 0 Å². The topological polar surface area (TPSA) is 47.8 Å². The molecule has 0 radical (unpaired) electrons. The Morgan fingerprint density at radius 1 is 1.53 bits per heavy atom. The Morgan fingerprint density at radius 2 is 2.29 bits per heavy atom. The second-order valence-electron chi connectivity index (χ2n) is 3.73. The molecule has 0 amide bonds. The molecular formula is C13H13NO3. The van der Waals surface area contributed by atoms with Crippen LogP contribution in [0.2, 0.25) is 0 Å². The highest BCUT2D eigenvalue weighted by atomic mass is 16.5. The first-order valence-electron chi connectivity index (χ1n) is 5.42. The third-order valence-corrected chi connectivity index (χ3v) is 2.63. The Balaban J connectivity index is 2.69. The lowest BCUT2D eigenvalue weighted by Crippen LogP contribution is -2.07. The Kier molecular flexibility index (Phi) is 2.95. The molecule has 17 heavy (non-hydrogen) atoms. The maximum atomic E-state index is 11.7. The van der Waals surface area contributed by atoms with Crippen LogP contribution >= 0.6 is 0 Å². The lowest BCUT2D eigenvalue weighted by Gasteiger charge is -2.03. The predicted octanol–water partition coefficient (Wildman–Crippen LogP) is 2.24. The fourth-order valence-electron chi connectivity index (χ4n) is 1.92. The van der Waals surface area contributed by atoms with Gasteiger partial charge in [0.05, 0.1) is 12.1 Å². The molecule has 88 valence electrons. The third kappa shape index (κ3) is 1.82. The fourth-order valence-corrected chi connectivity index (χ4v) is 1.92. The average molecular weight is 231 g/mol. The van der Waals surface area contributed by atoms with Crippen molar-refractivity contribution < 1.29 is 14.3 Å². The maximum Gasteiger partial charge on any atom is 0.355 e. The van der Waals surface area contributed by atoms with Gasteiger partial charge >= 0.3 is 5.97 Å². The second-order valence-corrected chi connectivity index (χ2v) is 3.73. The van der Waals surface area contributed by atoms with Gasteiger partial charge in [0, 0.05) is 11.8 Å². The monoisotopic (exact) mass is 231 g/mol. The van der Waals surface area contributed by atoms with E-state index in [2.05, 4.69) is 0 Å². The number of pyridine rings is 1. The minimum absolute atomic E-state index is 0.314. The molecule has 0 aliphatic rings.